The predicted octanol–water partition coefficient (Wildman–Crippen LogP) is 7.19. The largest absolute Gasteiger partial charge is 0.493 e. The van der Waals surface area contributed by atoms with Crippen LogP contribution >= 0.6 is 21.6 Å². The Morgan fingerprint density at radius 1 is 0.617 bits per heavy atom. The molecule has 0 unspecified atom stereocenters. The summed E-state index contributed by atoms with van der Waals surface area (Å²) in [6.45, 7) is 2.77. The molecule has 5 aromatic carbocycles. The first kappa shape index (κ1) is 57.3. The van der Waals surface area contributed by atoms with E-state index in [9.17, 15) is 33.6 Å². The quantitative estimate of drug-likeness (QED) is 0.0304. The number of hydrogen-bond acceptors (Lipinski definition) is 15. The zero-order valence-electron chi connectivity index (χ0n) is 45.6. The molecule has 22 heteroatoms. The van der Waals surface area contributed by atoms with E-state index < -0.39 is 30.8 Å². The fourth-order valence-electron chi connectivity index (χ4n) is 9.73. The second kappa shape index (κ2) is 25.8. The molecule has 4 aliphatic rings. The van der Waals surface area contributed by atoms with Crippen LogP contribution < -0.4 is 55.3 Å². The van der Waals surface area contributed by atoms with Crippen LogP contribution in [-0.4, -0.2) is 117 Å². The minimum Gasteiger partial charge on any atom is -0.493 e. The number of nitrogens with zero attached hydrogens (tertiary/aromatic N) is 4. The number of amides is 7. The van der Waals surface area contributed by atoms with Gasteiger partial charge >= 0.3 is 0 Å². The third kappa shape index (κ3) is 14.0. The van der Waals surface area contributed by atoms with Crippen molar-refractivity contribution in [1.29, 1.82) is 0 Å². The molecule has 0 spiro atoms. The number of fused-ring (bicyclic) bond motifs is 8. The lowest BCUT2D eigenvalue weighted by molar-refractivity contribution is -0.128. The number of hydrogen-bond donors (Lipinski definition) is 5. The molecule has 81 heavy (non-hydrogen) atoms. The monoisotopic (exact) mass is 1140 g/mol. The first-order valence-corrected chi connectivity index (χ1v) is 28.8. The summed E-state index contributed by atoms with van der Waals surface area (Å²) in [7, 11) is 7.88. The van der Waals surface area contributed by atoms with E-state index in [4.69, 9.17) is 28.9 Å². The Labute approximate surface area is 477 Å². The third-order valence-electron chi connectivity index (χ3n) is 13.9. The fourth-order valence-corrected chi connectivity index (χ4v) is 12.4. The number of methoxy groups -OCH3 is 2. The Hall–Kier alpha value is -8.37. The number of benzene rings is 5. The number of nitrogens with one attached hydrogen (secondary N) is 5. The summed E-state index contributed by atoms with van der Waals surface area (Å²) in [5, 5.41) is 13.0. The number of carbonyl (C=O) groups is 7. The van der Waals surface area contributed by atoms with Gasteiger partial charge in [0, 0.05) is 84.9 Å². The molecular weight excluding hydrogens is 1070 g/mol. The second-order valence-electron chi connectivity index (χ2n) is 20.2. The molecule has 5 N–H and O–H groups in total. The molecule has 422 valence electrons. The van der Waals surface area contributed by atoms with Crippen molar-refractivity contribution in [3.05, 3.63) is 124 Å². The van der Waals surface area contributed by atoms with Crippen LogP contribution in [0.1, 0.15) is 82.5 Å². The predicted molar refractivity (Wildman–Crippen MR) is 313 cm³/mol. The number of aliphatic imine (C=N–C) groups is 2. The topological polar surface area (TPSA) is 248 Å². The molecule has 0 radical (unpaired) electrons. The lowest BCUT2D eigenvalue weighted by Crippen LogP contribution is -2.43. The van der Waals surface area contributed by atoms with E-state index in [2.05, 4.69) is 26.6 Å². The van der Waals surface area contributed by atoms with Crippen LogP contribution in [0.5, 0.6) is 23.0 Å². The maximum Gasteiger partial charge on any atom is 0.261 e. The van der Waals surface area contributed by atoms with Crippen LogP contribution in [0.25, 0.3) is 0 Å². The highest BCUT2D eigenvalue weighted by Crippen LogP contribution is 2.44. The Morgan fingerprint density at radius 3 is 1.62 bits per heavy atom. The number of ether oxygens (including phenoxy) is 4. The van der Waals surface area contributed by atoms with Crippen molar-refractivity contribution in [2.45, 2.75) is 82.4 Å². The van der Waals surface area contributed by atoms with Crippen molar-refractivity contribution in [1.82, 2.24) is 21.3 Å². The molecule has 0 fully saturated rings. The summed E-state index contributed by atoms with van der Waals surface area (Å²) < 4.78 is 24.1. The van der Waals surface area contributed by atoms with Gasteiger partial charge in [-0.3, -0.25) is 53.3 Å². The van der Waals surface area contributed by atoms with E-state index in [1.807, 2.05) is 68.4 Å². The van der Waals surface area contributed by atoms with E-state index in [1.54, 1.807) is 87.3 Å². The maximum atomic E-state index is 14.1. The van der Waals surface area contributed by atoms with Crippen molar-refractivity contribution in [2.24, 2.45) is 9.98 Å². The number of carbonyl (C=O) groups excluding carboxylic acids is 7. The summed E-state index contributed by atoms with van der Waals surface area (Å²) >= 11 is 0. The van der Waals surface area contributed by atoms with Crippen molar-refractivity contribution in [2.75, 3.05) is 61.8 Å². The average molecular weight is 1140 g/mol. The van der Waals surface area contributed by atoms with E-state index in [-0.39, 0.29) is 66.6 Å². The Kier molecular flexibility index (Phi) is 18.3. The average Bonchev–Trinajstić information content (AvgIpc) is 4.23. The van der Waals surface area contributed by atoms with Gasteiger partial charge in [-0.1, -0.05) is 58.0 Å². The molecule has 0 saturated heterocycles. The maximum absolute atomic E-state index is 14.1. The normalized spacial score (nSPS) is 15.4. The zero-order valence-corrected chi connectivity index (χ0v) is 47.2. The van der Waals surface area contributed by atoms with Gasteiger partial charge in [-0.05, 0) is 91.4 Å². The first-order chi connectivity index (χ1) is 39.1. The van der Waals surface area contributed by atoms with E-state index in [1.165, 1.54) is 14.2 Å². The summed E-state index contributed by atoms with van der Waals surface area (Å²) in [5.74, 6) is -0.467. The minimum absolute atomic E-state index is 0.00177. The highest BCUT2D eigenvalue weighted by atomic mass is 33.1. The van der Waals surface area contributed by atoms with Crippen LogP contribution in [0.3, 0.4) is 0 Å². The Morgan fingerprint density at radius 2 is 1.11 bits per heavy atom. The molecule has 5 aromatic rings. The molecule has 20 nitrogen and oxygen atoms in total. The van der Waals surface area contributed by atoms with Crippen LogP contribution in [-0.2, 0) is 50.0 Å². The molecule has 7 amide bonds. The second-order valence-corrected chi connectivity index (χ2v) is 23.3. The zero-order chi connectivity index (χ0) is 57.2. The van der Waals surface area contributed by atoms with Gasteiger partial charge in [0.05, 0.1) is 68.4 Å². The van der Waals surface area contributed by atoms with Gasteiger partial charge in [0.25, 0.3) is 11.8 Å². The number of rotatable bonds is 24. The lowest BCUT2D eigenvalue weighted by Gasteiger charge is -2.22. The lowest BCUT2D eigenvalue weighted by atomic mass is 10.1. The van der Waals surface area contributed by atoms with Crippen LogP contribution in [0.2, 0.25) is 0 Å². The summed E-state index contributed by atoms with van der Waals surface area (Å²) in [6, 6.07) is 26.9. The molecule has 0 saturated carbocycles. The summed E-state index contributed by atoms with van der Waals surface area (Å²) in [4.78, 5) is 104. The molecule has 0 aliphatic carbocycles. The van der Waals surface area contributed by atoms with Gasteiger partial charge in [0.2, 0.25) is 29.5 Å². The Bertz CT molecular complexity index is 3170. The summed E-state index contributed by atoms with van der Waals surface area (Å²) in [5.41, 5.74) is 6.88. The number of anilines is 3. The van der Waals surface area contributed by atoms with Gasteiger partial charge in [0.1, 0.15) is 13.2 Å². The standard InChI is InChI=1S/C59H63N9O11S2/c1-59(2,81-80-18-10-15-52(69)60-3)17-16-53(70)63-30-54(71)64-31-55(72)65-32-56(73)66-39-20-35(33-78-50-26-44-42(24-48(50)76-4)57(74)67-40(28-61-44)22-37-11-6-8-13-46(37)67)19-36(21-39)34-79-51-27-45-43(25-49(51)77-5)58(75)68-41(29-62-45)23-38-12-7-9-14-47(38)68/h6-9,11-14,19-21,24-29,40-41H,10,15-18,22-23,30-34H2,1-5H3,(H,60,69)(H,63,70)(H,64,71)(H,65,72)(H,66,73)/t40-,41-/m0/s1. The summed E-state index contributed by atoms with van der Waals surface area (Å²) in [6.07, 6.45) is 6.79. The molecule has 2 atom stereocenters. The van der Waals surface area contributed by atoms with Gasteiger partial charge in [-0.25, -0.2) is 0 Å². The smallest absolute Gasteiger partial charge is 0.261 e. The molecule has 0 bridgehead atoms. The Balaban J connectivity index is 0.840. The molecular formula is C59H63N9O11S2. The van der Waals surface area contributed by atoms with Gasteiger partial charge in [-0.2, -0.15) is 0 Å². The van der Waals surface area contributed by atoms with E-state index in [0.29, 0.717) is 88.0 Å². The van der Waals surface area contributed by atoms with Crippen molar-refractivity contribution >= 4 is 104 Å². The number of para-hydroxylation sites is 2. The van der Waals surface area contributed by atoms with E-state index in [0.717, 1.165) is 34.7 Å². The highest BCUT2D eigenvalue weighted by Gasteiger charge is 2.38. The first-order valence-electron chi connectivity index (χ1n) is 26.4. The van der Waals surface area contributed by atoms with Crippen molar-refractivity contribution in [3.8, 4) is 23.0 Å². The van der Waals surface area contributed by atoms with Gasteiger partial charge in [-0.15, -0.1) is 0 Å². The molecule has 4 aliphatic heterocycles. The molecule has 0 aromatic heterocycles. The van der Waals surface area contributed by atoms with Crippen LogP contribution in [0.15, 0.2) is 101 Å². The highest BCUT2D eigenvalue weighted by molar-refractivity contribution is 8.77. The molecule has 4 heterocycles. The van der Waals surface area contributed by atoms with Crippen molar-refractivity contribution in [3.63, 3.8) is 0 Å². The van der Waals surface area contributed by atoms with Crippen LogP contribution in [0, 0.1) is 0 Å². The van der Waals surface area contributed by atoms with Gasteiger partial charge < -0.3 is 45.5 Å². The van der Waals surface area contributed by atoms with E-state index >= 15 is 0 Å². The SMILES string of the molecule is CNC(=O)CCCSSC(C)(C)CCC(=O)NCC(=O)NCC(=O)NCC(=O)Nc1cc(COc2cc3c(cc2OC)C(=O)N2c4ccccc4C[C@H]2C=N3)cc(COc2cc3c(cc2OC)C(=O)N2c4ccccc4C[C@H]2C=N3)c1. The van der Waals surface area contributed by atoms with Crippen molar-refractivity contribution < 1.29 is 52.5 Å². The van der Waals surface area contributed by atoms with Gasteiger partial charge in [0.15, 0.2) is 23.0 Å². The van der Waals surface area contributed by atoms with Crippen LogP contribution in [0.4, 0.5) is 28.4 Å². The fraction of sp³-hybridized carbons (Fsp3) is 0.339. The third-order valence-corrected chi connectivity index (χ3v) is 17.3. The minimum atomic E-state index is -0.635. The molecule has 9 rings (SSSR count).